The number of ether oxygens (including phenoxy) is 1. The van der Waals surface area contributed by atoms with Gasteiger partial charge in [-0.05, 0) is 45.5 Å². The minimum Gasteiger partial charge on any atom is -0.510 e. The Bertz CT molecular complexity index is 1380. The molecule has 3 aliphatic rings. The molecule has 1 aromatic carbocycles. The van der Waals surface area contributed by atoms with Gasteiger partial charge in [0.05, 0.1) is 35.9 Å². The summed E-state index contributed by atoms with van der Waals surface area (Å²) in [5, 5.41) is 59.5. The number of anilines is 1. The number of carbonyl (C=O) groups excluding carboxylic acids is 4. The highest BCUT2D eigenvalue weighted by Crippen LogP contribution is 2.56. The van der Waals surface area contributed by atoms with Crippen LogP contribution in [0.1, 0.15) is 42.6 Å². The van der Waals surface area contributed by atoms with Crippen molar-refractivity contribution in [2.45, 2.75) is 50.5 Å². The normalized spacial score (nSPS) is 30.4. The average molecular weight is 560 g/mol. The third kappa shape index (κ3) is 3.87. The first kappa shape index (κ1) is 29.1. The monoisotopic (exact) mass is 559 g/mol. The molecular weight excluding hydrogens is 526 g/mol. The molecule has 0 saturated carbocycles. The fourth-order valence-electron chi connectivity index (χ4n) is 6.30. The van der Waals surface area contributed by atoms with Gasteiger partial charge in [-0.1, -0.05) is 13.0 Å². The molecule has 13 heteroatoms. The van der Waals surface area contributed by atoms with Gasteiger partial charge in [-0.3, -0.25) is 19.3 Å². The lowest BCUT2D eigenvalue weighted by Gasteiger charge is -2.53. The highest BCUT2D eigenvalue weighted by Gasteiger charge is 2.67. The van der Waals surface area contributed by atoms with E-state index in [0.29, 0.717) is 5.56 Å². The Morgan fingerprint density at radius 1 is 1.20 bits per heavy atom. The molecule has 0 bridgehead atoms. The van der Waals surface area contributed by atoms with Gasteiger partial charge in [-0.2, -0.15) is 0 Å². The number of ketones is 2. The molecule has 13 nitrogen and oxygen atoms in total. The molecular formula is C27H33N3O10. The smallest absolute Gasteiger partial charge is 0.328 e. The molecule has 3 aliphatic carbocycles. The van der Waals surface area contributed by atoms with Crippen LogP contribution < -0.4 is 11.1 Å². The fraction of sp³-hybridized carbons (Fsp3) is 0.481. The number of phenols is 1. The van der Waals surface area contributed by atoms with Crippen molar-refractivity contribution in [1.82, 2.24) is 4.90 Å². The van der Waals surface area contributed by atoms with Crippen LogP contribution in [0.4, 0.5) is 5.69 Å². The Balaban J connectivity index is 1.92. The number of benzene rings is 1. The van der Waals surface area contributed by atoms with Crippen LogP contribution in [-0.2, 0) is 19.1 Å². The summed E-state index contributed by atoms with van der Waals surface area (Å²) >= 11 is 0. The summed E-state index contributed by atoms with van der Waals surface area (Å²) in [6, 6.07) is 0.746. The Morgan fingerprint density at radius 3 is 2.38 bits per heavy atom. The van der Waals surface area contributed by atoms with E-state index >= 15 is 0 Å². The van der Waals surface area contributed by atoms with Crippen LogP contribution >= 0.6 is 0 Å². The molecule has 1 aromatic rings. The summed E-state index contributed by atoms with van der Waals surface area (Å²) in [6.07, 6.45) is -1.68. The number of aliphatic hydroxyl groups is 4. The molecule has 0 aromatic heterocycles. The lowest BCUT2D eigenvalue weighted by molar-refractivity contribution is -0.162. The summed E-state index contributed by atoms with van der Waals surface area (Å²) in [5.74, 6) is -10.3. The quantitative estimate of drug-likeness (QED) is 0.139. The average Bonchev–Trinajstić information content (AvgIpc) is 2.87. The maximum atomic E-state index is 13.9. The predicted octanol–water partition coefficient (Wildman–Crippen LogP) is 0.0159. The third-order valence-electron chi connectivity index (χ3n) is 8.14. The van der Waals surface area contributed by atoms with Gasteiger partial charge in [-0.15, -0.1) is 0 Å². The van der Waals surface area contributed by atoms with E-state index in [1.54, 1.807) is 13.8 Å². The first-order chi connectivity index (χ1) is 18.6. The number of nitrogens with one attached hydrogen (secondary N) is 1. The first-order valence-electron chi connectivity index (χ1n) is 12.7. The topological polar surface area (TPSA) is 220 Å². The van der Waals surface area contributed by atoms with E-state index in [0.717, 1.165) is 0 Å². The SMILES string of the molecule is CCOC(=O)C(C)Nc1ccc2c(c1O)C(=O)C1=C(O)[C@@]3(O)C(=O)C(C(N)=O)=C(O)[C@@H](N(C)C)[C@H]3[C@H](O)[C@H]1[C@@H]2C. The number of nitrogens with zero attached hydrogens (tertiary/aromatic N) is 1. The van der Waals surface area contributed by atoms with Crippen molar-refractivity contribution >= 4 is 29.1 Å². The Hall–Kier alpha value is -3.94. The molecule has 1 amide bonds. The highest BCUT2D eigenvalue weighted by molar-refractivity contribution is 6.25. The minimum atomic E-state index is -2.99. The second-order valence-corrected chi connectivity index (χ2v) is 10.6. The molecule has 4 rings (SSSR count). The van der Waals surface area contributed by atoms with Gasteiger partial charge < -0.3 is 41.3 Å². The number of primary amides is 1. The number of nitrogens with two attached hydrogens (primary N) is 1. The van der Waals surface area contributed by atoms with E-state index in [4.69, 9.17) is 10.5 Å². The van der Waals surface area contributed by atoms with Crippen LogP contribution in [0.5, 0.6) is 5.75 Å². The van der Waals surface area contributed by atoms with Crippen molar-refractivity contribution in [1.29, 1.82) is 0 Å². The van der Waals surface area contributed by atoms with Crippen LogP contribution in [0.25, 0.3) is 0 Å². The largest absolute Gasteiger partial charge is 0.510 e. The lowest BCUT2D eigenvalue weighted by atomic mass is 9.55. The number of hydrogen-bond donors (Lipinski definition) is 7. The molecule has 8 N–H and O–H groups in total. The lowest BCUT2D eigenvalue weighted by Crippen LogP contribution is -2.68. The molecule has 0 fully saturated rings. The van der Waals surface area contributed by atoms with E-state index in [1.807, 2.05) is 0 Å². The molecule has 7 atom stereocenters. The molecule has 216 valence electrons. The molecule has 0 radical (unpaired) electrons. The van der Waals surface area contributed by atoms with Crippen molar-refractivity contribution in [3.8, 4) is 5.75 Å². The molecule has 1 unspecified atom stereocenters. The maximum absolute atomic E-state index is 13.9. The van der Waals surface area contributed by atoms with Crippen LogP contribution in [0.3, 0.4) is 0 Å². The predicted molar refractivity (Wildman–Crippen MR) is 139 cm³/mol. The number of carbonyl (C=O) groups is 4. The van der Waals surface area contributed by atoms with Gasteiger partial charge in [-0.25, -0.2) is 4.79 Å². The molecule has 0 saturated heterocycles. The van der Waals surface area contributed by atoms with Crippen LogP contribution in [0.15, 0.2) is 34.8 Å². The van der Waals surface area contributed by atoms with Crippen LogP contribution in [0, 0.1) is 11.8 Å². The molecule has 0 aliphatic heterocycles. The minimum absolute atomic E-state index is 0.0108. The summed E-state index contributed by atoms with van der Waals surface area (Å²) < 4.78 is 4.96. The number of esters is 1. The first-order valence-corrected chi connectivity index (χ1v) is 12.7. The van der Waals surface area contributed by atoms with E-state index in [2.05, 4.69) is 5.32 Å². The number of hydrogen-bond acceptors (Lipinski definition) is 12. The number of aromatic hydroxyl groups is 1. The Labute approximate surface area is 229 Å². The number of rotatable bonds is 6. The summed E-state index contributed by atoms with van der Waals surface area (Å²) in [6.45, 7) is 4.89. The standard InChI is InChI=1S/C27H33N3O10/c1-6-40-26(38)10(3)29-12-8-7-11-9(2)13-15(20(32)14(11)19(12)31)23(35)27(39)17(21(13)33)18(30(4)5)22(34)16(24(27)36)25(28)37/h7-10,13,17-18,21,29,31,33-35,39H,6H2,1-5H3,(H2,28,37)/t9-,10?,13+,17+,18+,21-,27-/m1/s1. The van der Waals surface area contributed by atoms with Gasteiger partial charge >= 0.3 is 5.97 Å². The Morgan fingerprint density at radius 2 is 1.82 bits per heavy atom. The third-order valence-corrected chi connectivity index (χ3v) is 8.14. The van der Waals surface area contributed by atoms with Crippen molar-refractivity contribution in [2.75, 3.05) is 26.0 Å². The van der Waals surface area contributed by atoms with E-state index < -0.39 is 93.4 Å². The second-order valence-electron chi connectivity index (χ2n) is 10.6. The zero-order chi connectivity index (χ0) is 30.0. The maximum Gasteiger partial charge on any atom is 0.328 e. The molecule has 40 heavy (non-hydrogen) atoms. The van der Waals surface area contributed by atoms with Crippen molar-refractivity contribution in [3.63, 3.8) is 0 Å². The number of likely N-dealkylation sites (N-methyl/N-ethyl adjacent to an activating group) is 1. The molecule has 0 heterocycles. The highest BCUT2D eigenvalue weighted by atomic mass is 16.5. The van der Waals surface area contributed by atoms with Crippen LogP contribution in [0.2, 0.25) is 0 Å². The van der Waals surface area contributed by atoms with Gasteiger partial charge in [0.15, 0.2) is 11.4 Å². The van der Waals surface area contributed by atoms with Gasteiger partial charge in [0.25, 0.3) is 5.91 Å². The number of phenolic OH excluding ortho intramolecular Hbond substituents is 1. The van der Waals surface area contributed by atoms with E-state index in [-0.39, 0.29) is 17.9 Å². The number of fused-ring (bicyclic) bond motifs is 3. The van der Waals surface area contributed by atoms with Gasteiger partial charge in [0, 0.05) is 11.5 Å². The summed E-state index contributed by atoms with van der Waals surface area (Å²) in [4.78, 5) is 52.8. The summed E-state index contributed by atoms with van der Waals surface area (Å²) in [5.41, 5.74) is 0.906. The zero-order valence-corrected chi connectivity index (χ0v) is 22.6. The van der Waals surface area contributed by atoms with Gasteiger partial charge in [0.2, 0.25) is 5.78 Å². The van der Waals surface area contributed by atoms with Crippen molar-refractivity contribution in [2.24, 2.45) is 17.6 Å². The zero-order valence-electron chi connectivity index (χ0n) is 22.6. The van der Waals surface area contributed by atoms with Crippen molar-refractivity contribution < 1.29 is 49.4 Å². The van der Waals surface area contributed by atoms with Crippen molar-refractivity contribution in [3.05, 3.63) is 45.9 Å². The fourth-order valence-corrected chi connectivity index (χ4v) is 6.30. The Kier molecular flexibility index (Phi) is 7.20. The van der Waals surface area contributed by atoms with Gasteiger partial charge in [0.1, 0.15) is 28.9 Å². The van der Waals surface area contributed by atoms with E-state index in [9.17, 15) is 44.7 Å². The van der Waals surface area contributed by atoms with Crippen LogP contribution in [-0.4, -0.2) is 98.4 Å². The number of Topliss-reactive ketones (excluding diaryl/α,β-unsaturated/α-hetero) is 2. The number of amides is 1. The summed E-state index contributed by atoms with van der Waals surface area (Å²) in [7, 11) is 2.93. The second kappa shape index (κ2) is 9.91. The van der Waals surface area contributed by atoms with E-state index in [1.165, 1.54) is 38.1 Å². The number of aliphatic hydroxyl groups excluding tert-OH is 3. The molecule has 0 spiro atoms.